The molecule has 1 heterocycles. The third-order valence-corrected chi connectivity index (χ3v) is 8.37. The highest BCUT2D eigenvalue weighted by molar-refractivity contribution is 7.89. The summed E-state index contributed by atoms with van der Waals surface area (Å²) < 4.78 is 29.3. The molecule has 0 radical (unpaired) electrons. The van der Waals surface area contributed by atoms with Crippen molar-refractivity contribution in [3.05, 3.63) is 39.0 Å². The molecule has 1 amide bonds. The molecule has 0 saturated heterocycles. The van der Waals surface area contributed by atoms with Crippen molar-refractivity contribution in [2.24, 2.45) is 25.9 Å². The summed E-state index contributed by atoms with van der Waals surface area (Å²) in [5, 5.41) is 3.10. The van der Waals surface area contributed by atoms with Crippen LogP contribution >= 0.6 is 0 Å². The number of hydrogen-bond donors (Lipinski definition) is 1. The number of rotatable bonds is 5. The Morgan fingerprint density at radius 3 is 2.52 bits per heavy atom. The van der Waals surface area contributed by atoms with Crippen LogP contribution in [0.5, 0.6) is 0 Å². The topological polar surface area (TPSA) is 110 Å². The third-order valence-electron chi connectivity index (χ3n) is 6.57. The van der Waals surface area contributed by atoms with Crippen molar-refractivity contribution < 1.29 is 13.2 Å². The van der Waals surface area contributed by atoms with Crippen molar-refractivity contribution in [3.8, 4) is 0 Å². The molecule has 10 heteroatoms. The summed E-state index contributed by atoms with van der Waals surface area (Å²) in [4.78, 5) is 37.0. The maximum atomic E-state index is 13.0. The zero-order valence-corrected chi connectivity index (χ0v) is 19.4. The minimum atomic E-state index is -4.01. The Hall–Kier alpha value is -2.46. The van der Waals surface area contributed by atoms with Crippen LogP contribution in [-0.2, 0) is 28.9 Å². The second-order valence-electron chi connectivity index (χ2n) is 8.59. The van der Waals surface area contributed by atoms with E-state index in [1.807, 2.05) is 0 Å². The summed E-state index contributed by atoms with van der Waals surface area (Å²) in [6.45, 7) is 3.96. The number of aromatic nitrogens is 2. The van der Waals surface area contributed by atoms with E-state index in [-0.39, 0.29) is 28.8 Å². The number of sulfonamides is 1. The Morgan fingerprint density at radius 1 is 1.16 bits per heavy atom. The smallest absolute Gasteiger partial charge is 0.330 e. The van der Waals surface area contributed by atoms with E-state index in [0.29, 0.717) is 17.4 Å². The highest BCUT2D eigenvalue weighted by Gasteiger charge is 2.30. The predicted octanol–water partition coefficient (Wildman–Crippen LogP) is 0.799. The van der Waals surface area contributed by atoms with E-state index in [1.165, 1.54) is 43.9 Å². The molecule has 1 aromatic carbocycles. The van der Waals surface area contributed by atoms with Gasteiger partial charge in [-0.2, -0.15) is 4.31 Å². The van der Waals surface area contributed by atoms with E-state index in [9.17, 15) is 22.8 Å². The van der Waals surface area contributed by atoms with Gasteiger partial charge in [-0.3, -0.25) is 18.7 Å². The van der Waals surface area contributed by atoms with Gasteiger partial charge in [0.25, 0.3) is 5.56 Å². The first-order chi connectivity index (χ1) is 14.4. The zero-order valence-electron chi connectivity index (χ0n) is 18.6. The number of benzene rings is 1. The zero-order chi connectivity index (χ0) is 23.1. The molecule has 1 aliphatic rings. The van der Waals surface area contributed by atoms with Gasteiger partial charge in [0.2, 0.25) is 15.9 Å². The van der Waals surface area contributed by atoms with Gasteiger partial charge in [0, 0.05) is 27.2 Å². The number of aryl methyl sites for hydroxylation is 1. The van der Waals surface area contributed by atoms with Crippen LogP contribution in [0.25, 0.3) is 10.9 Å². The van der Waals surface area contributed by atoms with Crippen LogP contribution in [0.2, 0.25) is 0 Å². The fraction of sp³-hybridized carbons (Fsp3) is 0.571. The number of likely N-dealkylation sites (N-methyl/N-ethyl adjacent to an activating group) is 1. The fourth-order valence-electron chi connectivity index (χ4n) is 4.24. The van der Waals surface area contributed by atoms with Gasteiger partial charge in [-0.1, -0.05) is 26.7 Å². The number of carbonyl (C=O) groups excluding carboxylic acids is 1. The first kappa shape index (κ1) is 23.2. The lowest BCUT2D eigenvalue weighted by Gasteiger charge is -2.34. The van der Waals surface area contributed by atoms with Crippen LogP contribution in [0.3, 0.4) is 0 Å². The van der Waals surface area contributed by atoms with Crippen molar-refractivity contribution in [2.45, 2.75) is 44.0 Å². The average molecular weight is 451 g/mol. The molecule has 3 rings (SSSR count). The molecule has 2 aromatic rings. The summed E-state index contributed by atoms with van der Waals surface area (Å²) in [7, 11) is 0.190. The average Bonchev–Trinajstić information content (AvgIpc) is 2.73. The van der Waals surface area contributed by atoms with Gasteiger partial charge in [0.1, 0.15) is 0 Å². The van der Waals surface area contributed by atoms with Gasteiger partial charge in [0.05, 0.1) is 22.3 Å². The van der Waals surface area contributed by atoms with Crippen molar-refractivity contribution in [2.75, 3.05) is 13.6 Å². The van der Waals surface area contributed by atoms with Gasteiger partial charge < -0.3 is 5.32 Å². The number of nitrogens with one attached hydrogen (secondary N) is 1. The molecule has 1 N–H and O–H groups in total. The van der Waals surface area contributed by atoms with Crippen molar-refractivity contribution >= 4 is 26.8 Å². The standard InChI is InChI=1S/C21H30N4O5S/c1-13-7-6-8-17(14(13)2)22-19(26)12-23(3)31(29,30)15-9-10-18-16(11-15)20(27)25(5)21(28)24(18)4/h9-11,13-14,17H,6-8,12H2,1-5H3,(H,22,26)/t13-,14+,17-/m1/s1. The maximum absolute atomic E-state index is 13.0. The molecule has 0 unspecified atom stereocenters. The monoisotopic (exact) mass is 450 g/mol. The van der Waals surface area contributed by atoms with E-state index >= 15 is 0 Å². The minimum Gasteiger partial charge on any atom is -0.352 e. The molecule has 1 aromatic heterocycles. The van der Waals surface area contributed by atoms with E-state index in [0.717, 1.165) is 28.1 Å². The lowest BCUT2D eigenvalue weighted by molar-refractivity contribution is -0.122. The predicted molar refractivity (Wildman–Crippen MR) is 118 cm³/mol. The van der Waals surface area contributed by atoms with E-state index < -0.39 is 21.3 Å². The SMILES string of the molecule is C[C@H]1[C@H](C)CCC[C@H]1NC(=O)CN(C)S(=O)(=O)c1ccc2c(c1)c(=O)n(C)c(=O)n2C. The summed E-state index contributed by atoms with van der Waals surface area (Å²) in [6.07, 6.45) is 3.06. The van der Waals surface area contributed by atoms with Crippen LogP contribution in [0.1, 0.15) is 33.1 Å². The van der Waals surface area contributed by atoms with E-state index in [4.69, 9.17) is 0 Å². The Bertz CT molecular complexity index is 1230. The number of fused-ring (bicyclic) bond motifs is 1. The van der Waals surface area contributed by atoms with Crippen LogP contribution in [-0.4, -0.2) is 47.4 Å². The van der Waals surface area contributed by atoms with Gasteiger partial charge in [-0.25, -0.2) is 13.2 Å². The molecule has 0 bridgehead atoms. The molecule has 0 spiro atoms. The van der Waals surface area contributed by atoms with Crippen molar-refractivity contribution in [1.82, 2.24) is 18.8 Å². The lowest BCUT2D eigenvalue weighted by atomic mass is 9.78. The molecule has 1 aliphatic carbocycles. The highest BCUT2D eigenvalue weighted by atomic mass is 32.2. The molecule has 0 aliphatic heterocycles. The largest absolute Gasteiger partial charge is 0.352 e. The molecule has 3 atom stereocenters. The Labute approximate surface area is 181 Å². The first-order valence-electron chi connectivity index (χ1n) is 10.4. The molecule has 31 heavy (non-hydrogen) atoms. The van der Waals surface area contributed by atoms with Crippen LogP contribution in [0.15, 0.2) is 32.7 Å². The molecule has 1 fully saturated rings. The summed E-state index contributed by atoms with van der Waals surface area (Å²) in [6, 6.07) is 4.07. The number of amides is 1. The van der Waals surface area contributed by atoms with Gasteiger partial charge in [-0.05, 0) is 36.5 Å². The summed E-state index contributed by atoms with van der Waals surface area (Å²) in [5.74, 6) is 0.496. The fourth-order valence-corrected chi connectivity index (χ4v) is 5.39. The van der Waals surface area contributed by atoms with Crippen molar-refractivity contribution in [1.29, 1.82) is 0 Å². The van der Waals surface area contributed by atoms with Gasteiger partial charge in [0.15, 0.2) is 0 Å². The second-order valence-corrected chi connectivity index (χ2v) is 10.6. The molecular formula is C21H30N4O5S. The number of carbonyl (C=O) groups is 1. The molecule has 170 valence electrons. The minimum absolute atomic E-state index is 0.0392. The van der Waals surface area contributed by atoms with Crippen LogP contribution in [0.4, 0.5) is 0 Å². The number of hydrogen-bond acceptors (Lipinski definition) is 5. The number of nitrogens with zero attached hydrogens (tertiary/aromatic N) is 3. The lowest BCUT2D eigenvalue weighted by Crippen LogP contribution is -2.47. The summed E-state index contributed by atoms with van der Waals surface area (Å²) >= 11 is 0. The highest BCUT2D eigenvalue weighted by Crippen LogP contribution is 2.29. The summed E-state index contributed by atoms with van der Waals surface area (Å²) in [5.41, 5.74) is -0.725. The van der Waals surface area contributed by atoms with Gasteiger partial charge >= 0.3 is 5.69 Å². The quantitative estimate of drug-likeness (QED) is 0.724. The normalized spacial score (nSPS) is 22.1. The third kappa shape index (κ3) is 4.31. The van der Waals surface area contributed by atoms with Crippen LogP contribution < -0.4 is 16.6 Å². The molecular weight excluding hydrogens is 420 g/mol. The van der Waals surface area contributed by atoms with E-state index in [1.54, 1.807) is 0 Å². The first-order valence-corrected chi connectivity index (χ1v) is 11.8. The molecule has 1 saturated carbocycles. The van der Waals surface area contributed by atoms with E-state index in [2.05, 4.69) is 19.2 Å². The Kier molecular flexibility index (Phi) is 6.43. The Morgan fingerprint density at radius 2 is 1.84 bits per heavy atom. The Balaban J connectivity index is 1.84. The van der Waals surface area contributed by atoms with Gasteiger partial charge in [-0.15, -0.1) is 0 Å². The molecule has 9 nitrogen and oxygen atoms in total. The van der Waals surface area contributed by atoms with Crippen molar-refractivity contribution in [3.63, 3.8) is 0 Å². The second kappa shape index (κ2) is 8.58. The van der Waals surface area contributed by atoms with Crippen LogP contribution in [0, 0.1) is 11.8 Å². The maximum Gasteiger partial charge on any atom is 0.330 e.